The molecule has 2 aromatic rings. The summed E-state index contributed by atoms with van der Waals surface area (Å²) in [6.45, 7) is 3.28. The van der Waals surface area contributed by atoms with Crippen LogP contribution in [0.3, 0.4) is 0 Å². The fourth-order valence-electron chi connectivity index (χ4n) is 2.62. The van der Waals surface area contributed by atoms with E-state index in [-0.39, 0.29) is 30.8 Å². The molecular formula is C15H20N6O3S2. The Bertz CT molecular complexity index is 777. The number of rotatable bonds is 6. The summed E-state index contributed by atoms with van der Waals surface area (Å²) in [7, 11) is 0. The van der Waals surface area contributed by atoms with Gasteiger partial charge in [-0.25, -0.2) is 9.97 Å². The Morgan fingerprint density at radius 1 is 1.50 bits per heavy atom. The largest absolute Gasteiger partial charge is 0.377 e. The van der Waals surface area contributed by atoms with E-state index in [0.717, 1.165) is 4.34 Å². The number of aromatic amines is 1. The molecule has 0 bridgehead atoms. The Kier molecular flexibility index (Phi) is 6.22. The van der Waals surface area contributed by atoms with Crippen molar-refractivity contribution in [3.8, 4) is 0 Å². The van der Waals surface area contributed by atoms with E-state index < -0.39 is 0 Å². The van der Waals surface area contributed by atoms with E-state index in [1.165, 1.54) is 23.1 Å². The lowest BCUT2D eigenvalue weighted by Crippen LogP contribution is -2.50. The Morgan fingerprint density at radius 2 is 2.35 bits per heavy atom. The molecule has 140 valence electrons. The molecule has 9 nitrogen and oxygen atoms in total. The molecule has 26 heavy (non-hydrogen) atoms. The topological polar surface area (TPSA) is 113 Å². The van der Waals surface area contributed by atoms with Gasteiger partial charge in [-0.1, -0.05) is 11.8 Å². The van der Waals surface area contributed by atoms with Gasteiger partial charge in [0.15, 0.2) is 5.82 Å². The van der Waals surface area contributed by atoms with Gasteiger partial charge in [0.2, 0.25) is 5.91 Å². The number of aryl methyl sites for hydroxylation is 1. The average Bonchev–Trinajstić information content (AvgIpc) is 3.28. The number of aromatic nitrogens is 4. The SMILES string of the molecule is CSc1nc(C(=O)N2CCOC[C@H]2CC(=O)NCc2n[nH]c(C)n2)cs1. The fraction of sp³-hybridized carbons (Fsp3) is 0.533. The quantitative estimate of drug-likeness (QED) is 0.696. The van der Waals surface area contributed by atoms with Crippen LogP contribution >= 0.6 is 23.1 Å². The molecule has 0 unspecified atom stereocenters. The van der Waals surface area contributed by atoms with Gasteiger partial charge in [-0.3, -0.25) is 14.7 Å². The molecule has 1 saturated heterocycles. The van der Waals surface area contributed by atoms with Crippen LogP contribution in [0.1, 0.15) is 28.6 Å². The van der Waals surface area contributed by atoms with E-state index >= 15 is 0 Å². The van der Waals surface area contributed by atoms with Gasteiger partial charge in [-0.05, 0) is 13.2 Å². The summed E-state index contributed by atoms with van der Waals surface area (Å²) in [4.78, 5) is 35.2. The van der Waals surface area contributed by atoms with Crippen LogP contribution in [-0.2, 0) is 16.1 Å². The third kappa shape index (κ3) is 4.59. The number of hydrogen-bond donors (Lipinski definition) is 2. The van der Waals surface area contributed by atoms with Crippen molar-refractivity contribution in [3.63, 3.8) is 0 Å². The first-order valence-corrected chi connectivity index (χ1v) is 10.2. The van der Waals surface area contributed by atoms with Crippen LogP contribution in [0, 0.1) is 6.92 Å². The van der Waals surface area contributed by atoms with Gasteiger partial charge in [0.25, 0.3) is 5.91 Å². The summed E-state index contributed by atoms with van der Waals surface area (Å²) in [5.41, 5.74) is 0.419. The van der Waals surface area contributed by atoms with E-state index in [1.807, 2.05) is 6.26 Å². The van der Waals surface area contributed by atoms with Crippen molar-refractivity contribution in [3.05, 3.63) is 22.7 Å². The molecule has 0 radical (unpaired) electrons. The molecule has 11 heteroatoms. The molecule has 2 amide bonds. The summed E-state index contributed by atoms with van der Waals surface area (Å²) in [6, 6.07) is -0.315. The van der Waals surface area contributed by atoms with Gasteiger partial charge in [0, 0.05) is 18.3 Å². The standard InChI is InChI=1S/C15H20N6O3S2/c1-9-17-12(20-19-9)6-16-13(22)5-10-7-24-4-3-21(10)14(23)11-8-26-15(18-11)25-2/h8,10H,3-7H2,1-2H3,(H,16,22)(H,17,19,20)/t10-/m1/s1. The number of carbonyl (C=O) groups excluding carboxylic acids is 2. The summed E-state index contributed by atoms with van der Waals surface area (Å²) in [5.74, 6) is 0.881. The third-order valence-electron chi connectivity index (χ3n) is 3.87. The van der Waals surface area contributed by atoms with Crippen LogP contribution in [0.2, 0.25) is 0 Å². The van der Waals surface area contributed by atoms with E-state index in [9.17, 15) is 9.59 Å². The highest BCUT2D eigenvalue weighted by molar-refractivity contribution is 8.00. The van der Waals surface area contributed by atoms with Crippen molar-refractivity contribution >= 4 is 34.9 Å². The second-order valence-corrected chi connectivity index (χ2v) is 7.66. The molecule has 0 saturated carbocycles. The van der Waals surface area contributed by atoms with Crippen LogP contribution in [0.4, 0.5) is 0 Å². The molecule has 1 atom stereocenters. The van der Waals surface area contributed by atoms with E-state index in [1.54, 1.807) is 17.2 Å². The Morgan fingerprint density at radius 3 is 3.04 bits per heavy atom. The first-order valence-electron chi connectivity index (χ1n) is 8.09. The van der Waals surface area contributed by atoms with Crippen molar-refractivity contribution < 1.29 is 14.3 Å². The van der Waals surface area contributed by atoms with Crippen LogP contribution in [0.5, 0.6) is 0 Å². The molecule has 2 N–H and O–H groups in total. The van der Waals surface area contributed by atoms with Gasteiger partial charge in [0.1, 0.15) is 15.9 Å². The number of nitrogens with zero attached hydrogens (tertiary/aromatic N) is 4. The first-order chi connectivity index (χ1) is 12.6. The lowest BCUT2D eigenvalue weighted by atomic mass is 10.1. The van der Waals surface area contributed by atoms with Gasteiger partial charge in [-0.2, -0.15) is 5.10 Å². The van der Waals surface area contributed by atoms with Crippen LogP contribution < -0.4 is 5.32 Å². The predicted molar refractivity (Wildman–Crippen MR) is 97.1 cm³/mol. The number of thiazole rings is 1. The van der Waals surface area contributed by atoms with Gasteiger partial charge in [0.05, 0.1) is 25.8 Å². The minimum atomic E-state index is -0.315. The summed E-state index contributed by atoms with van der Waals surface area (Å²) >= 11 is 2.95. The Labute approximate surface area is 158 Å². The summed E-state index contributed by atoms with van der Waals surface area (Å²) in [5, 5.41) is 11.2. The van der Waals surface area contributed by atoms with Crippen molar-refractivity contribution in [1.82, 2.24) is 30.4 Å². The number of hydrogen-bond acceptors (Lipinski definition) is 8. The van der Waals surface area contributed by atoms with Gasteiger partial charge in [-0.15, -0.1) is 11.3 Å². The van der Waals surface area contributed by atoms with Crippen molar-refractivity contribution in [2.45, 2.75) is 30.3 Å². The van der Waals surface area contributed by atoms with E-state index in [4.69, 9.17) is 4.74 Å². The highest BCUT2D eigenvalue weighted by Crippen LogP contribution is 2.22. The number of ether oxygens (including phenoxy) is 1. The van der Waals surface area contributed by atoms with Gasteiger partial charge >= 0.3 is 0 Å². The second kappa shape index (κ2) is 8.60. The number of nitrogens with one attached hydrogen (secondary N) is 2. The van der Waals surface area contributed by atoms with Gasteiger partial charge < -0.3 is 15.0 Å². The fourth-order valence-corrected chi connectivity index (χ4v) is 3.86. The van der Waals surface area contributed by atoms with Crippen LogP contribution in [0.15, 0.2) is 9.72 Å². The van der Waals surface area contributed by atoms with Crippen molar-refractivity contribution in [2.24, 2.45) is 0 Å². The summed E-state index contributed by atoms with van der Waals surface area (Å²) < 4.78 is 6.31. The minimum absolute atomic E-state index is 0.160. The number of thioether (sulfide) groups is 1. The molecule has 0 aliphatic carbocycles. The molecule has 3 heterocycles. The smallest absolute Gasteiger partial charge is 0.273 e. The predicted octanol–water partition coefficient (Wildman–Crippen LogP) is 0.839. The van der Waals surface area contributed by atoms with E-state index in [2.05, 4.69) is 25.5 Å². The highest BCUT2D eigenvalue weighted by Gasteiger charge is 2.31. The van der Waals surface area contributed by atoms with Crippen molar-refractivity contribution in [1.29, 1.82) is 0 Å². The van der Waals surface area contributed by atoms with Crippen molar-refractivity contribution in [2.75, 3.05) is 26.0 Å². The number of H-pyrrole nitrogens is 1. The van der Waals surface area contributed by atoms with E-state index in [0.29, 0.717) is 37.1 Å². The Hall–Kier alpha value is -1.98. The zero-order valence-corrected chi connectivity index (χ0v) is 16.2. The highest BCUT2D eigenvalue weighted by atomic mass is 32.2. The maximum absolute atomic E-state index is 12.8. The molecular weight excluding hydrogens is 376 g/mol. The monoisotopic (exact) mass is 396 g/mol. The third-order valence-corrected chi connectivity index (χ3v) is 5.74. The summed E-state index contributed by atoms with van der Waals surface area (Å²) in [6.07, 6.45) is 2.08. The van der Waals surface area contributed by atoms with Crippen LogP contribution in [0.25, 0.3) is 0 Å². The maximum Gasteiger partial charge on any atom is 0.273 e. The molecule has 0 aromatic carbocycles. The molecule has 2 aromatic heterocycles. The van der Waals surface area contributed by atoms with Crippen LogP contribution in [-0.4, -0.2) is 68.9 Å². The Balaban J connectivity index is 1.59. The molecule has 3 rings (SSSR count). The second-order valence-electron chi connectivity index (χ2n) is 5.75. The average molecular weight is 396 g/mol. The maximum atomic E-state index is 12.8. The first kappa shape index (κ1) is 18.8. The minimum Gasteiger partial charge on any atom is -0.377 e. The molecule has 1 aliphatic heterocycles. The molecule has 1 fully saturated rings. The zero-order valence-electron chi connectivity index (χ0n) is 14.5. The zero-order chi connectivity index (χ0) is 18.5. The normalized spacial score (nSPS) is 17.3. The lowest BCUT2D eigenvalue weighted by molar-refractivity contribution is -0.123. The molecule has 0 spiro atoms. The lowest BCUT2D eigenvalue weighted by Gasteiger charge is -2.34. The molecule has 1 aliphatic rings. The number of morpholine rings is 1. The number of carbonyl (C=O) groups is 2. The number of amides is 2.